The number of amides is 1. The number of anilines is 1. The summed E-state index contributed by atoms with van der Waals surface area (Å²) in [5, 5.41) is 12.5. The van der Waals surface area contributed by atoms with E-state index in [2.05, 4.69) is 20.5 Å². The molecular weight excluding hydrogens is 472 g/mol. The molecule has 32 heavy (non-hydrogen) atoms. The lowest BCUT2D eigenvalue weighted by atomic mass is 10.2. The van der Waals surface area contributed by atoms with Crippen LogP contribution in [0.25, 0.3) is 17.1 Å². The Morgan fingerprint density at radius 1 is 1.06 bits per heavy atom. The van der Waals surface area contributed by atoms with E-state index >= 15 is 0 Å². The third kappa shape index (κ3) is 4.77. The van der Waals surface area contributed by atoms with Crippen molar-refractivity contribution in [2.24, 2.45) is 0 Å². The van der Waals surface area contributed by atoms with Crippen LogP contribution in [0.5, 0.6) is 0 Å². The summed E-state index contributed by atoms with van der Waals surface area (Å²) in [6.45, 7) is 1.83. The SMILES string of the molecule is Cc1ccc(Cl)c(NC(=O)CSc2nnc(-c3ccncc3)n2-c2ccc(F)cc2)c1Cl. The van der Waals surface area contributed by atoms with Crippen LogP contribution in [-0.2, 0) is 4.79 Å². The molecule has 0 saturated carbocycles. The summed E-state index contributed by atoms with van der Waals surface area (Å²) < 4.78 is 15.2. The number of aromatic nitrogens is 4. The van der Waals surface area contributed by atoms with Crippen LogP contribution in [0.2, 0.25) is 10.0 Å². The molecule has 1 N–H and O–H groups in total. The van der Waals surface area contributed by atoms with Gasteiger partial charge in [0.2, 0.25) is 5.91 Å². The smallest absolute Gasteiger partial charge is 0.234 e. The van der Waals surface area contributed by atoms with E-state index in [1.165, 1.54) is 23.9 Å². The third-order valence-corrected chi connectivity index (χ3v) is 6.27. The zero-order valence-electron chi connectivity index (χ0n) is 16.7. The molecule has 0 aliphatic heterocycles. The molecule has 0 spiro atoms. The Morgan fingerprint density at radius 3 is 2.50 bits per heavy atom. The molecule has 0 bridgehead atoms. The van der Waals surface area contributed by atoms with Gasteiger partial charge >= 0.3 is 0 Å². The van der Waals surface area contributed by atoms with Crippen LogP contribution in [0.15, 0.2) is 66.1 Å². The van der Waals surface area contributed by atoms with Crippen molar-refractivity contribution in [3.8, 4) is 17.1 Å². The lowest BCUT2D eigenvalue weighted by Crippen LogP contribution is -2.15. The summed E-state index contributed by atoms with van der Waals surface area (Å²) in [5.41, 5.74) is 2.62. The minimum Gasteiger partial charge on any atom is -0.323 e. The van der Waals surface area contributed by atoms with E-state index in [4.69, 9.17) is 23.2 Å². The van der Waals surface area contributed by atoms with Crippen LogP contribution in [0.3, 0.4) is 0 Å². The highest BCUT2D eigenvalue weighted by atomic mass is 35.5. The van der Waals surface area contributed by atoms with Gasteiger partial charge in [0.25, 0.3) is 0 Å². The Labute approximate surface area is 197 Å². The second-order valence-corrected chi connectivity index (χ2v) is 8.47. The number of hydrogen-bond donors (Lipinski definition) is 1. The van der Waals surface area contributed by atoms with Gasteiger partial charge in [-0.05, 0) is 55.0 Å². The largest absolute Gasteiger partial charge is 0.323 e. The van der Waals surface area contributed by atoms with E-state index in [-0.39, 0.29) is 17.5 Å². The fourth-order valence-corrected chi connectivity index (χ4v) is 4.17. The highest BCUT2D eigenvalue weighted by Gasteiger charge is 2.18. The first-order valence-electron chi connectivity index (χ1n) is 9.43. The molecule has 2 aromatic heterocycles. The minimum atomic E-state index is -0.354. The summed E-state index contributed by atoms with van der Waals surface area (Å²) in [7, 11) is 0. The molecule has 0 aliphatic carbocycles. The molecular formula is C22H16Cl2FN5OS. The summed E-state index contributed by atoms with van der Waals surface area (Å²) >= 11 is 13.7. The Morgan fingerprint density at radius 2 is 1.78 bits per heavy atom. The van der Waals surface area contributed by atoms with Crippen molar-refractivity contribution in [1.29, 1.82) is 0 Å². The normalized spacial score (nSPS) is 10.9. The number of halogens is 3. The lowest BCUT2D eigenvalue weighted by molar-refractivity contribution is -0.113. The third-order valence-electron chi connectivity index (χ3n) is 4.54. The molecule has 10 heteroatoms. The quantitative estimate of drug-likeness (QED) is 0.347. The van der Waals surface area contributed by atoms with E-state index in [1.807, 2.05) is 6.92 Å². The van der Waals surface area contributed by atoms with Crippen molar-refractivity contribution < 1.29 is 9.18 Å². The fraction of sp³-hybridized carbons (Fsp3) is 0.0909. The van der Waals surface area contributed by atoms with Gasteiger partial charge in [-0.2, -0.15) is 0 Å². The molecule has 0 fully saturated rings. The lowest BCUT2D eigenvalue weighted by Gasteiger charge is -2.12. The van der Waals surface area contributed by atoms with Crippen LogP contribution in [0.4, 0.5) is 10.1 Å². The van der Waals surface area contributed by atoms with E-state index in [0.717, 1.165) is 11.1 Å². The van der Waals surface area contributed by atoms with Gasteiger partial charge in [0.1, 0.15) is 5.82 Å². The topological polar surface area (TPSA) is 72.7 Å². The first-order chi connectivity index (χ1) is 15.4. The number of carbonyl (C=O) groups excluding carboxylic acids is 1. The summed E-state index contributed by atoms with van der Waals surface area (Å²) in [5.74, 6) is -0.0704. The number of nitrogens with one attached hydrogen (secondary N) is 1. The van der Waals surface area contributed by atoms with Gasteiger partial charge in [-0.25, -0.2) is 4.39 Å². The van der Waals surface area contributed by atoms with Crippen molar-refractivity contribution in [2.45, 2.75) is 12.1 Å². The molecule has 2 heterocycles. The molecule has 2 aromatic carbocycles. The minimum absolute atomic E-state index is 0.0380. The van der Waals surface area contributed by atoms with Crippen molar-refractivity contribution >= 4 is 46.6 Å². The van der Waals surface area contributed by atoms with Crippen molar-refractivity contribution in [1.82, 2.24) is 19.7 Å². The average Bonchev–Trinajstić information content (AvgIpc) is 3.23. The Kier molecular flexibility index (Phi) is 6.74. The molecule has 6 nitrogen and oxygen atoms in total. The van der Waals surface area contributed by atoms with Crippen LogP contribution < -0.4 is 5.32 Å². The van der Waals surface area contributed by atoms with E-state index in [1.54, 1.807) is 53.4 Å². The number of nitrogens with zero attached hydrogens (tertiary/aromatic N) is 4. The van der Waals surface area contributed by atoms with Crippen LogP contribution in [-0.4, -0.2) is 31.4 Å². The Bertz CT molecular complexity index is 1270. The highest BCUT2D eigenvalue weighted by Crippen LogP contribution is 2.33. The number of carbonyl (C=O) groups is 1. The molecule has 0 radical (unpaired) electrons. The summed E-state index contributed by atoms with van der Waals surface area (Å²) in [6, 6.07) is 13.0. The van der Waals surface area contributed by atoms with E-state index in [0.29, 0.717) is 32.4 Å². The Hall–Kier alpha value is -2.94. The second kappa shape index (κ2) is 9.68. The van der Waals surface area contributed by atoms with Gasteiger partial charge in [-0.1, -0.05) is 41.0 Å². The van der Waals surface area contributed by atoms with Crippen molar-refractivity contribution in [3.63, 3.8) is 0 Å². The number of hydrogen-bond acceptors (Lipinski definition) is 5. The molecule has 0 saturated heterocycles. The zero-order valence-corrected chi connectivity index (χ0v) is 19.0. The molecule has 0 unspecified atom stereocenters. The van der Waals surface area contributed by atoms with Gasteiger partial charge in [-0.15, -0.1) is 10.2 Å². The molecule has 4 rings (SSSR count). The number of pyridine rings is 1. The van der Waals surface area contributed by atoms with Crippen LogP contribution in [0.1, 0.15) is 5.56 Å². The number of aryl methyl sites for hydroxylation is 1. The van der Waals surface area contributed by atoms with Gasteiger partial charge in [0, 0.05) is 23.6 Å². The van der Waals surface area contributed by atoms with Crippen molar-refractivity contribution in [2.75, 3.05) is 11.1 Å². The van der Waals surface area contributed by atoms with Gasteiger partial charge < -0.3 is 5.32 Å². The molecule has 4 aromatic rings. The monoisotopic (exact) mass is 487 g/mol. The van der Waals surface area contributed by atoms with E-state index < -0.39 is 0 Å². The molecule has 162 valence electrons. The van der Waals surface area contributed by atoms with Gasteiger partial charge in [0.05, 0.1) is 21.5 Å². The summed E-state index contributed by atoms with van der Waals surface area (Å²) in [4.78, 5) is 16.6. The van der Waals surface area contributed by atoms with Crippen LogP contribution >= 0.6 is 35.0 Å². The first-order valence-corrected chi connectivity index (χ1v) is 11.2. The maximum absolute atomic E-state index is 13.5. The predicted molar refractivity (Wildman–Crippen MR) is 125 cm³/mol. The number of thioether (sulfide) groups is 1. The zero-order chi connectivity index (χ0) is 22.7. The molecule has 1 amide bonds. The fourth-order valence-electron chi connectivity index (χ4n) is 2.95. The Balaban J connectivity index is 1.60. The standard InChI is InChI=1S/C22H16Cl2FN5OS/c1-13-2-7-17(23)20(19(13)24)27-18(31)12-32-22-29-28-21(14-8-10-26-11-9-14)30(22)16-5-3-15(25)4-6-16/h2-11H,12H2,1H3,(H,27,31). The highest BCUT2D eigenvalue weighted by molar-refractivity contribution is 7.99. The average molecular weight is 488 g/mol. The maximum Gasteiger partial charge on any atom is 0.234 e. The van der Waals surface area contributed by atoms with Crippen LogP contribution in [0, 0.1) is 12.7 Å². The molecule has 0 atom stereocenters. The molecule has 0 aliphatic rings. The van der Waals surface area contributed by atoms with Gasteiger partial charge in [-0.3, -0.25) is 14.3 Å². The number of rotatable bonds is 6. The predicted octanol–water partition coefficient (Wildman–Crippen LogP) is 5.81. The van der Waals surface area contributed by atoms with E-state index in [9.17, 15) is 9.18 Å². The maximum atomic E-state index is 13.5. The number of benzene rings is 2. The summed E-state index contributed by atoms with van der Waals surface area (Å²) in [6.07, 6.45) is 3.29. The van der Waals surface area contributed by atoms with Gasteiger partial charge in [0.15, 0.2) is 11.0 Å². The second-order valence-electron chi connectivity index (χ2n) is 6.74. The first kappa shape index (κ1) is 22.3. The van der Waals surface area contributed by atoms with Crippen molar-refractivity contribution in [3.05, 3.63) is 82.4 Å².